The highest BCUT2D eigenvalue weighted by Crippen LogP contribution is 2.20. The highest BCUT2D eigenvalue weighted by atomic mass is 35.5. The molecule has 1 heterocycles. The number of hydrogen-bond acceptors (Lipinski definition) is 4. The van der Waals surface area contributed by atoms with Crippen molar-refractivity contribution in [2.24, 2.45) is 0 Å². The molecule has 138 valence electrons. The third kappa shape index (κ3) is 5.05. The Morgan fingerprint density at radius 2 is 1.74 bits per heavy atom. The van der Waals surface area contributed by atoms with Gasteiger partial charge in [-0.05, 0) is 55.2 Å². The number of carbonyl (C=O) groups is 1. The number of aromatic nitrogens is 2. The Labute approximate surface area is 163 Å². The van der Waals surface area contributed by atoms with E-state index < -0.39 is 0 Å². The maximum Gasteiger partial charge on any atom is 0.274 e. The second kappa shape index (κ2) is 8.64. The number of aryl methyl sites for hydroxylation is 2. The molecule has 5 nitrogen and oxygen atoms in total. The van der Waals surface area contributed by atoms with E-state index in [9.17, 15) is 4.79 Å². The first-order chi connectivity index (χ1) is 13.0. The summed E-state index contributed by atoms with van der Waals surface area (Å²) in [7, 11) is 0. The molecular formula is C21H21ClN4O. The van der Waals surface area contributed by atoms with Gasteiger partial charge in [0, 0.05) is 23.5 Å². The van der Waals surface area contributed by atoms with Crippen molar-refractivity contribution in [3.63, 3.8) is 0 Å². The molecule has 0 aliphatic heterocycles. The molecule has 3 aromatic rings. The molecule has 6 heteroatoms. The van der Waals surface area contributed by atoms with Crippen LogP contribution in [0.5, 0.6) is 0 Å². The predicted octanol–water partition coefficient (Wildman–Crippen LogP) is 4.65. The number of rotatable bonds is 6. The van der Waals surface area contributed by atoms with E-state index in [0.29, 0.717) is 18.2 Å². The van der Waals surface area contributed by atoms with E-state index >= 15 is 0 Å². The molecule has 0 saturated heterocycles. The smallest absolute Gasteiger partial charge is 0.274 e. The summed E-state index contributed by atoms with van der Waals surface area (Å²) >= 11 is 5.89. The molecule has 0 radical (unpaired) electrons. The van der Waals surface area contributed by atoms with Gasteiger partial charge in [0.05, 0.1) is 0 Å². The number of para-hydroxylation sites is 1. The molecule has 0 spiro atoms. The molecule has 0 fully saturated rings. The SMILES string of the molecule is Cc1cccc(C)c1NC(=O)c1ccnc(NCCc2ccc(Cl)cc2)n1. The van der Waals surface area contributed by atoms with Crippen LogP contribution in [-0.2, 0) is 6.42 Å². The number of hydrogen-bond donors (Lipinski definition) is 2. The van der Waals surface area contributed by atoms with Crippen LogP contribution in [0.4, 0.5) is 11.6 Å². The van der Waals surface area contributed by atoms with Crippen molar-refractivity contribution in [1.82, 2.24) is 9.97 Å². The summed E-state index contributed by atoms with van der Waals surface area (Å²) < 4.78 is 0. The van der Waals surface area contributed by atoms with Crippen LogP contribution in [0.15, 0.2) is 54.7 Å². The minimum atomic E-state index is -0.254. The van der Waals surface area contributed by atoms with Crippen LogP contribution in [0.1, 0.15) is 27.2 Å². The van der Waals surface area contributed by atoms with E-state index in [4.69, 9.17) is 11.6 Å². The Kier molecular flexibility index (Phi) is 6.04. The lowest BCUT2D eigenvalue weighted by molar-refractivity contribution is 0.102. The van der Waals surface area contributed by atoms with Crippen LogP contribution in [0, 0.1) is 13.8 Å². The Morgan fingerprint density at radius 3 is 2.44 bits per heavy atom. The Hall–Kier alpha value is -2.92. The summed E-state index contributed by atoms with van der Waals surface area (Å²) in [6.07, 6.45) is 2.39. The van der Waals surface area contributed by atoms with Crippen LogP contribution in [0.25, 0.3) is 0 Å². The first-order valence-electron chi connectivity index (χ1n) is 8.72. The number of amides is 1. The van der Waals surface area contributed by atoms with Crippen molar-refractivity contribution < 1.29 is 4.79 Å². The molecule has 2 N–H and O–H groups in total. The second-order valence-electron chi connectivity index (χ2n) is 6.29. The number of anilines is 2. The molecule has 0 aliphatic rings. The Bertz CT molecular complexity index is 921. The fourth-order valence-corrected chi connectivity index (χ4v) is 2.86. The lowest BCUT2D eigenvalue weighted by atomic mass is 10.1. The highest BCUT2D eigenvalue weighted by Gasteiger charge is 2.12. The van der Waals surface area contributed by atoms with Crippen molar-refractivity contribution in [2.75, 3.05) is 17.2 Å². The molecule has 0 atom stereocenters. The Balaban J connectivity index is 1.62. The zero-order valence-electron chi connectivity index (χ0n) is 15.3. The quantitative estimate of drug-likeness (QED) is 0.653. The maximum absolute atomic E-state index is 12.6. The van der Waals surface area contributed by atoms with Gasteiger partial charge in [0.2, 0.25) is 5.95 Å². The van der Waals surface area contributed by atoms with Crippen LogP contribution in [-0.4, -0.2) is 22.4 Å². The summed E-state index contributed by atoms with van der Waals surface area (Å²) in [5.41, 5.74) is 4.33. The van der Waals surface area contributed by atoms with Crippen molar-refractivity contribution in [3.8, 4) is 0 Å². The summed E-state index contributed by atoms with van der Waals surface area (Å²) in [5.74, 6) is 0.175. The topological polar surface area (TPSA) is 66.9 Å². The minimum Gasteiger partial charge on any atom is -0.354 e. The fourth-order valence-electron chi connectivity index (χ4n) is 2.73. The average molecular weight is 381 g/mol. The molecule has 0 bridgehead atoms. The van der Waals surface area contributed by atoms with Gasteiger partial charge in [-0.15, -0.1) is 0 Å². The first-order valence-corrected chi connectivity index (χ1v) is 9.09. The van der Waals surface area contributed by atoms with Gasteiger partial charge in [-0.25, -0.2) is 9.97 Å². The van der Waals surface area contributed by atoms with Gasteiger partial charge in [0.25, 0.3) is 5.91 Å². The third-order valence-electron chi connectivity index (χ3n) is 4.22. The number of halogens is 1. The van der Waals surface area contributed by atoms with E-state index in [1.807, 2.05) is 56.3 Å². The minimum absolute atomic E-state index is 0.254. The number of benzene rings is 2. The monoisotopic (exact) mass is 380 g/mol. The fraction of sp³-hybridized carbons (Fsp3) is 0.190. The van der Waals surface area contributed by atoms with Gasteiger partial charge in [-0.3, -0.25) is 4.79 Å². The van der Waals surface area contributed by atoms with Crippen LogP contribution in [0.2, 0.25) is 5.02 Å². The van der Waals surface area contributed by atoms with E-state index in [1.165, 1.54) is 0 Å². The predicted molar refractivity (Wildman–Crippen MR) is 110 cm³/mol. The summed E-state index contributed by atoms with van der Waals surface area (Å²) in [4.78, 5) is 21.1. The first kappa shape index (κ1) is 18.9. The van der Waals surface area contributed by atoms with E-state index in [0.717, 1.165) is 33.8 Å². The summed E-state index contributed by atoms with van der Waals surface area (Å²) in [6, 6.07) is 15.2. The van der Waals surface area contributed by atoms with Crippen molar-refractivity contribution in [3.05, 3.63) is 82.1 Å². The van der Waals surface area contributed by atoms with E-state index in [1.54, 1.807) is 12.3 Å². The van der Waals surface area contributed by atoms with E-state index in [-0.39, 0.29) is 5.91 Å². The average Bonchev–Trinajstić information content (AvgIpc) is 2.66. The molecule has 0 aliphatic carbocycles. The molecular weight excluding hydrogens is 360 g/mol. The second-order valence-corrected chi connectivity index (χ2v) is 6.73. The molecule has 27 heavy (non-hydrogen) atoms. The molecule has 2 aromatic carbocycles. The normalized spacial score (nSPS) is 10.5. The third-order valence-corrected chi connectivity index (χ3v) is 4.47. The molecule has 0 unspecified atom stereocenters. The van der Waals surface area contributed by atoms with Gasteiger partial charge in [0.15, 0.2) is 0 Å². The van der Waals surface area contributed by atoms with Crippen LogP contribution < -0.4 is 10.6 Å². The molecule has 1 aromatic heterocycles. The van der Waals surface area contributed by atoms with Crippen LogP contribution >= 0.6 is 11.6 Å². The lowest BCUT2D eigenvalue weighted by Gasteiger charge is -2.11. The molecule has 0 saturated carbocycles. The zero-order chi connectivity index (χ0) is 19.2. The van der Waals surface area contributed by atoms with E-state index in [2.05, 4.69) is 20.6 Å². The van der Waals surface area contributed by atoms with Gasteiger partial charge in [-0.1, -0.05) is 41.9 Å². The molecule has 3 rings (SSSR count). The number of nitrogens with one attached hydrogen (secondary N) is 2. The van der Waals surface area contributed by atoms with Crippen molar-refractivity contribution >= 4 is 29.1 Å². The van der Waals surface area contributed by atoms with Gasteiger partial charge in [0.1, 0.15) is 5.69 Å². The Morgan fingerprint density at radius 1 is 1.04 bits per heavy atom. The summed E-state index contributed by atoms with van der Waals surface area (Å²) in [6.45, 7) is 4.59. The number of carbonyl (C=O) groups excluding carboxylic acids is 1. The zero-order valence-corrected chi connectivity index (χ0v) is 16.0. The maximum atomic E-state index is 12.6. The molecule has 1 amide bonds. The summed E-state index contributed by atoms with van der Waals surface area (Å²) in [5, 5.41) is 6.81. The largest absolute Gasteiger partial charge is 0.354 e. The van der Waals surface area contributed by atoms with Gasteiger partial charge < -0.3 is 10.6 Å². The number of nitrogens with zero attached hydrogens (tertiary/aromatic N) is 2. The lowest BCUT2D eigenvalue weighted by Crippen LogP contribution is -2.17. The highest BCUT2D eigenvalue weighted by molar-refractivity contribution is 6.30. The van der Waals surface area contributed by atoms with Crippen molar-refractivity contribution in [1.29, 1.82) is 0 Å². The van der Waals surface area contributed by atoms with Gasteiger partial charge in [-0.2, -0.15) is 0 Å². The standard InChI is InChI=1S/C21H21ClN4O/c1-14-4-3-5-15(2)19(14)26-20(27)18-11-13-24-21(25-18)23-12-10-16-6-8-17(22)9-7-16/h3-9,11,13H,10,12H2,1-2H3,(H,26,27)(H,23,24,25). The van der Waals surface area contributed by atoms with Crippen LogP contribution in [0.3, 0.4) is 0 Å². The van der Waals surface area contributed by atoms with Crippen molar-refractivity contribution in [2.45, 2.75) is 20.3 Å². The van der Waals surface area contributed by atoms with Gasteiger partial charge >= 0.3 is 0 Å².